The lowest BCUT2D eigenvalue weighted by molar-refractivity contribution is -0.0327. The van der Waals surface area contributed by atoms with Gasteiger partial charge in [-0.3, -0.25) is 0 Å². The third-order valence-corrected chi connectivity index (χ3v) is 3.28. The van der Waals surface area contributed by atoms with Crippen molar-refractivity contribution in [3.05, 3.63) is 24.3 Å². The van der Waals surface area contributed by atoms with Gasteiger partial charge in [0.1, 0.15) is 0 Å². The third-order valence-electron chi connectivity index (χ3n) is 2.57. The Morgan fingerprint density at radius 1 is 1.29 bits per heavy atom. The van der Waals surface area contributed by atoms with Gasteiger partial charge in [-0.2, -0.15) is 13.2 Å². The molecule has 1 heterocycles. The zero-order valence-electron chi connectivity index (χ0n) is 9.13. The molecule has 6 heteroatoms. The number of thioether (sulfide) groups is 1. The van der Waals surface area contributed by atoms with Crippen molar-refractivity contribution < 1.29 is 13.2 Å². The molecule has 0 bridgehead atoms. The molecule has 94 valence electrons. The van der Waals surface area contributed by atoms with Crippen molar-refractivity contribution in [1.82, 2.24) is 0 Å². The van der Waals surface area contributed by atoms with Gasteiger partial charge in [-0.05, 0) is 23.9 Å². The minimum atomic E-state index is -4.13. The fourth-order valence-electron chi connectivity index (χ4n) is 1.85. The molecule has 2 rings (SSSR count). The molecule has 17 heavy (non-hydrogen) atoms. The topological polar surface area (TPSA) is 15.3 Å². The molecule has 1 aromatic carbocycles. The summed E-state index contributed by atoms with van der Waals surface area (Å²) in [5, 5.41) is 3.23. The minimum absolute atomic E-state index is 0.0398. The summed E-state index contributed by atoms with van der Waals surface area (Å²) in [6, 6.07) is 7.69. The second-order valence-corrected chi connectivity index (χ2v) is 4.89. The summed E-state index contributed by atoms with van der Waals surface area (Å²) < 4.78 is 36.1. The van der Waals surface area contributed by atoms with E-state index in [-0.39, 0.29) is 17.5 Å². The van der Waals surface area contributed by atoms with Crippen LogP contribution >= 0.6 is 11.8 Å². The first-order valence-electron chi connectivity index (χ1n) is 5.35. The van der Waals surface area contributed by atoms with Gasteiger partial charge < -0.3 is 10.2 Å². The summed E-state index contributed by atoms with van der Waals surface area (Å²) in [5.41, 5.74) is -2.15. The number of fused-ring (bicyclic) bond motifs is 1. The Labute approximate surface area is 102 Å². The first-order chi connectivity index (χ1) is 8.06. The minimum Gasteiger partial charge on any atom is -0.382 e. The first kappa shape index (κ1) is 12.4. The van der Waals surface area contributed by atoms with Crippen molar-refractivity contribution >= 4 is 23.1 Å². The molecule has 0 saturated carbocycles. The van der Waals surface area contributed by atoms with Crippen LogP contribution in [0.25, 0.3) is 0 Å². The summed E-state index contributed by atoms with van der Waals surface area (Å²) >= 11 is 0.0398. The van der Waals surface area contributed by atoms with E-state index in [0.717, 1.165) is 24.5 Å². The van der Waals surface area contributed by atoms with Gasteiger partial charge in [0.05, 0.1) is 11.4 Å². The molecule has 2 nitrogen and oxygen atoms in total. The maximum absolute atomic E-state index is 12.0. The number of nitrogens with zero attached hydrogens (tertiary/aromatic N) is 1. The van der Waals surface area contributed by atoms with E-state index < -0.39 is 5.51 Å². The Hall–Kier alpha value is -1.04. The smallest absolute Gasteiger partial charge is 0.382 e. The molecular formula is C11H13F3N2S. The molecule has 1 aliphatic heterocycles. The lowest BCUT2D eigenvalue weighted by Gasteiger charge is -2.32. The van der Waals surface area contributed by atoms with Crippen LogP contribution in [0, 0.1) is 0 Å². The number of rotatable bonds is 3. The predicted octanol–water partition coefficient (Wildman–Crippen LogP) is 3.17. The Bertz CT molecular complexity index is 381. The number of hydrogen-bond donors (Lipinski definition) is 1. The van der Waals surface area contributed by atoms with E-state index in [0.29, 0.717) is 6.54 Å². The number of halogens is 3. The summed E-state index contributed by atoms with van der Waals surface area (Å²) in [6.45, 7) is 1.94. The molecular weight excluding hydrogens is 249 g/mol. The lowest BCUT2D eigenvalue weighted by atomic mass is 10.2. The average molecular weight is 262 g/mol. The first-order valence-corrected chi connectivity index (χ1v) is 6.33. The van der Waals surface area contributed by atoms with Gasteiger partial charge in [-0.15, -0.1) is 0 Å². The summed E-state index contributed by atoms with van der Waals surface area (Å²) in [7, 11) is 0. The van der Waals surface area contributed by atoms with Gasteiger partial charge in [0.15, 0.2) is 0 Å². The number of alkyl halides is 3. The molecule has 0 amide bonds. The van der Waals surface area contributed by atoms with Crippen LogP contribution < -0.4 is 10.2 Å². The Morgan fingerprint density at radius 2 is 2.06 bits per heavy atom. The highest BCUT2D eigenvalue weighted by atomic mass is 32.2. The van der Waals surface area contributed by atoms with Crippen LogP contribution in [-0.4, -0.2) is 30.9 Å². The largest absolute Gasteiger partial charge is 0.441 e. The van der Waals surface area contributed by atoms with E-state index in [2.05, 4.69) is 5.32 Å². The summed E-state index contributed by atoms with van der Waals surface area (Å²) in [4.78, 5) is 1.99. The van der Waals surface area contributed by atoms with E-state index in [1.165, 1.54) is 0 Å². The predicted molar refractivity (Wildman–Crippen MR) is 65.7 cm³/mol. The van der Waals surface area contributed by atoms with Crippen LogP contribution in [0.1, 0.15) is 0 Å². The van der Waals surface area contributed by atoms with Crippen molar-refractivity contribution in [1.29, 1.82) is 0 Å². The Morgan fingerprint density at radius 3 is 2.82 bits per heavy atom. The van der Waals surface area contributed by atoms with Crippen LogP contribution in [0.2, 0.25) is 0 Å². The molecule has 1 N–H and O–H groups in total. The molecule has 1 aromatic rings. The highest BCUT2D eigenvalue weighted by molar-refractivity contribution is 8.00. The van der Waals surface area contributed by atoms with Gasteiger partial charge in [0.2, 0.25) is 0 Å². The Kier molecular flexibility index (Phi) is 3.71. The SMILES string of the molecule is FC(F)(F)SCCN1CCNc2ccccc21. The van der Waals surface area contributed by atoms with E-state index in [4.69, 9.17) is 0 Å². The molecule has 0 atom stereocenters. The maximum atomic E-state index is 12.0. The standard InChI is InChI=1S/C11H13F3N2S/c12-11(13,14)17-8-7-16-6-5-15-9-3-1-2-4-10(9)16/h1-4,15H,5-8H2. The second-order valence-electron chi connectivity index (χ2n) is 3.73. The lowest BCUT2D eigenvalue weighted by Crippen LogP contribution is -2.35. The van der Waals surface area contributed by atoms with Crippen molar-refractivity contribution in [2.45, 2.75) is 5.51 Å². The fourth-order valence-corrected chi connectivity index (χ4v) is 2.39. The highest BCUT2D eigenvalue weighted by Crippen LogP contribution is 2.32. The average Bonchev–Trinajstić information content (AvgIpc) is 2.28. The number of para-hydroxylation sites is 2. The molecule has 1 aliphatic rings. The zero-order valence-corrected chi connectivity index (χ0v) is 9.94. The fraction of sp³-hybridized carbons (Fsp3) is 0.455. The monoisotopic (exact) mass is 262 g/mol. The van der Waals surface area contributed by atoms with E-state index >= 15 is 0 Å². The Balaban J connectivity index is 1.95. The van der Waals surface area contributed by atoms with Gasteiger partial charge >= 0.3 is 5.51 Å². The van der Waals surface area contributed by atoms with Crippen LogP contribution in [-0.2, 0) is 0 Å². The van der Waals surface area contributed by atoms with Gasteiger partial charge in [0.25, 0.3) is 0 Å². The van der Waals surface area contributed by atoms with E-state index in [9.17, 15) is 13.2 Å². The normalized spacial score (nSPS) is 15.4. The molecule has 0 unspecified atom stereocenters. The van der Waals surface area contributed by atoms with Crippen LogP contribution in [0.3, 0.4) is 0 Å². The van der Waals surface area contributed by atoms with Crippen molar-refractivity contribution in [3.8, 4) is 0 Å². The molecule has 0 saturated heterocycles. The number of hydrogen-bond acceptors (Lipinski definition) is 3. The third kappa shape index (κ3) is 3.46. The van der Waals surface area contributed by atoms with E-state index in [1.54, 1.807) is 0 Å². The van der Waals surface area contributed by atoms with Crippen molar-refractivity contribution in [3.63, 3.8) is 0 Å². The molecule has 0 radical (unpaired) electrons. The van der Waals surface area contributed by atoms with Crippen molar-refractivity contribution in [2.24, 2.45) is 0 Å². The molecule has 0 aliphatic carbocycles. The summed E-state index contributed by atoms with van der Waals surface area (Å²) in [5.74, 6) is 0.0673. The molecule has 0 aromatic heterocycles. The quantitative estimate of drug-likeness (QED) is 0.900. The number of nitrogens with one attached hydrogen (secondary N) is 1. The molecule has 0 spiro atoms. The maximum Gasteiger partial charge on any atom is 0.441 e. The zero-order chi connectivity index (χ0) is 12.3. The highest BCUT2D eigenvalue weighted by Gasteiger charge is 2.28. The summed E-state index contributed by atoms with van der Waals surface area (Å²) in [6.07, 6.45) is 0. The second kappa shape index (κ2) is 5.08. The van der Waals surface area contributed by atoms with Crippen LogP contribution in [0.5, 0.6) is 0 Å². The molecule has 0 fully saturated rings. The van der Waals surface area contributed by atoms with Crippen LogP contribution in [0.15, 0.2) is 24.3 Å². The van der Waals surface area contributed by atoms with Gasteiger partial charge in [-0.1, -0.05) is 12.1 Å². The van der Waals surface area contributed by atoms with E-state index in [1.807, 2.05) is 29.2 Å². The number of anilines is 2. The van der Waals surface area contributed by atoms with Gasteiger partial charge in [0, 0.05) is 25.4 Å². The number of benzene rings is 1. The van der Waals surface area contributed by atoms with Crippen LogP contribution in [0.4, 0.5) is 24.5 Å². The van der Waals surface area contributed by atoms with Crippen molar-refractivity contribution in [2.75, 3.05) is 35.6 Å². The van der Waals surface area contributed by atoms with Gasteiger partial charge in [-0.25, -0.2) is 0 Å².